The van der Waals surface area contributed by atoms with E-state index in [4.69, 9.17) is 4.12 Å². The predicted molar refractivity (Wildman–Crippen MR) is 72.6 cm³/mol. The molecule has 5 heteroatoms. The van der Waals surface area contributed by atoms with Crippen molar-refractivity contribution < 1.29 is 4.12 Å². The molecule has 0 aromatic rings. The van der Waals surface area contributed by atoms with Crippen LogP contribution in [0.5, 0.6) is 0 Å². The zero-order chi connectivity index (χ0) is 11.0. The summed E-state index contributed by atoms with van der Waals surface area (Å²) in [6.07, 6.45) is 0. The number of hydrogen-bond donors (Lipinski definition) is 0. The van der Waals surface area contributed by atoms with Crippen molar-refractivity contribution >= 4 is 36.4 Å². The van der Waals surface area contributed by atoms with Crippen LogP contribution in [0.4, 0.5) is 0 Å². The van der Waals surface area contributed by atoms with E-state index in [1.165, 1.54) is 24.2 Å². The van der Waals surface area contributed by atoms with Gasteiger partial charge in [0, 0.05) is 19.0 Å². The second kappa shape index (κ2) is 8.04. The molecule has 0 atom stereocenters. The summed E-state index contributed by atoms with van der Waals surface area (Å²) in [4.78, 5) is 0. The van der Waals surface area contributed by atoms with Crippen molar-refractivity contribution in [3.63, 3.8) is 0 Å². The van der Waals surface area contributed by atoms with Gasteiger partial charge in [-0.15, -0.1) is 0 Å². The zero-order valence-corrected chi connectivity index (χ0v) is 14.2. The van der Waals surface area contributed by atoms with Gasteiger partial charge in [0.1, 0.15) is 0 Å². The van der Waals surface area contributed by atoms with Gasteiger partial charge in [-0.1, -0.05) is 25.2 Å². The maximum Gasteiger partial charge on any atom is 0.194 e. The highest BCUT2D eigenvalue weighted by atomic mass is 28.4. The third-order valence-electron chi connectivity index (χ3n) is 2.15. The molecule has 0 aliphatic rings. The van der Waals surface area contributed by atoms with Crippen LogP contribution in [-0.4, -0.2) is 36.4 Å². The second-order valence-electron chi connectivity index (χ2n) is 4.27. The van der Waals surface area contributed by atoms with E-state index in [1.54, 1.807) is 0 Å². The van der Waals surface area contributed by atoms with Crippen molar-refractivity contribution in [2.75, 3.05) is 0 Å². The van der Waals surface area contributed by atoms with E-state index in [2.05, 4.69) is 32.7 Å². The van der Waals surface area contributed by atoms with E-state index >= 15 is 0 Å². The Morgan fingerprint density at radius 1 is 1.14 bits per heavy atom. The van der Waals surface area contributed by atoms with Gasteiger partial charge < -0.3 is 4.12 Å². The lowest BCUT2D eigenvalue weighted by molar-refractivity contribution is 0.566. The van der Waals surface area contributed by atoms with Crippen molar-refractivity contribution in [1.29, 1.82) is 0 Å². The van der Waals surface area contributed by atoms with Gasteiger partial charge in [-0.25, -0.2) is 0 Å². The molecule has 0 saturated carbocycles. The maximum absolute atomic E-state index is 6.29. The van der Waals surface area contributed by atoms with Crippen molar-refractivity contribution in [2.45, 2.75) is 56.9 Å². The molecule has 14 heavy (non-hydrogen) atoms. The Kier molecular flexibility index (Phi) is 8.51. The van der Waals surface area contributed by atoms with Gasteiger partial charge in [0.05, 0.1) is 0 Å². The summed E-state index contributed by atoms with van der Waals surface area (Å²) in [5.74, 6) is 0. The van der Waals surface area contributed by atoms with Gasteiger partial charge in [-0.3, -0.25) is 0 Å². The molecule has 0 fully saturated rings. The second-order valence-corrected chi connectivity index (χ2v) is 13.4. The first-order chi connectivity index (χ1) is 6.52. The summed E-state index contributed by atoms with van der Waals surface area (Å²) in [5.41, 5.74) is 0. The molecule has 0 heterocycles. The first kappa shape index (κ1) is 14.8. The maximum atomic E-state index is 6.29. The Bertz CT molecular complexity index is 141. The van der Waals surface area contributed by atoms with E-state index in [0.29, 0.717) is 0 Å². The average Bonchev–Trinajstić information content (AvgIpc) is 2.11. The molecular formula is C9H23OSi4. The normalized spacial score (nSPS) is 12.4. The molecule has 0 N–H and O–H groups in total. The molecule has 0 unspecified atom stereocenters. The summed E-state index contributed by atoms with van der Waals surface area (Å²) < 4.78 is 6.29. The van der Waals surface area contributed by atoms with Gasteiger partial charge in [-0.05, 0) is 31.7 Å². The van der Waals surface area contributed by atoms with Crippen LogP contribution in [-0.2, 0) is 4.12 Å². The zero-order valence-electron chi connectivity index (χ0n) is 10.2. The summed E-state index contributed by atoms with van der Waals surface area (Å²) in [6, 6.07) is 5.47. The standard InChI is InChI=1S/C9H23OSi4/c1-11-6-8-13(3)10-14(4,5)9-7-12-2/h6-9H2,1-5H3. The van der Waals surface area contributed by atoms with Crippen LogP contribution < -0.4 is 0 Å². The molecule has 0 bridgehead atoms. The Morgan fingerprint density at radius 3 is 2.21 bits per heavy atom. The summed E-state index contributed by atoms with van der Waals surface area (Å²) in [6.45, 7) is 11.7. The SMILES string of the molecule is C[Si]CC[Si](C)O[Si](C)(C)CC[Si]C. The monoisotopic (exact) mass is 259 g/mol. The molecule has 81 valence electrons. The fraction of sp³-hybridized carbons (Fsp3) is 1.00. The number of rotatable bonds is 8. The molecule has 0 aliphatic carbocycles. The third-order valence-corrected chi connectivity index (χ3v) is 10.7. The minimum Gasteiger partial charge on any atom is -0.456 e. The minimum atomic E-state index is -1.28. The smallest absolute Gasteiger partial charge is 0.194 e. The lowest BCUT2D eigenvalue weighted by Crippen LogP contribution is -2.36. The van der Waals surface area contributed by atoms with Crippen molar-refractivity contribution in [3.8, 4) is 0 Å². The number of hydrogen-bond acceptors (Lipinski definition) is 1. The van der Waals surface area contributed by atoms with Crippen molar-refractivity contribution in [3.05, 3.63) is 0 Å². The van der Waals surface area contributed by atoms with Crippen molar-refractivity contribution in [1.82, 2.24) is 0 Å². The first-order valence-electron chi connectivity index (χ1n) is 5.32. The van der Waals surface area contributed by atoms with E-state index in [9.17, 15) is 0 Å². The largest absolute Gasteiger partial charge is 0.456 e. The van der Waals surface area contributed by atoms with Crippen LogP contribution in [0.3, 0.4) is 0 Å². The molecule has 0 saturated heterocycles. The van der Waals surface area contributed by atoms with Gasteiger partial charge in [0.2, 0.25) is 0 Å². The molecule has 0 aliphatic heterocycles. The van der Waals surface area contributed by atoms with E-state index in [0.717, 1.165) is 19.0 Å². The minimum absolute atomic E-state index is 0.467. The lowest BCUT2D eigenvalue weighted by Gasteiger charge is -2.26. The van der Waals surface area contributed by atoms with Crippen LogP contribution in [0.15, 0.2) is 0 Å². The van der Waals surface area contributed by atoms with Gasteiger partial charge in [0.15, 0.2) is 17.4 Å². The van der Waals surface area contributed by atoms with Gasteiger partial charge in [0.25, 0.3) is 0 Å². The summed E-state index contributed by atoms with van der Waals surface area (Å²) in [7, 11) is 0.447. The van der Waals surface area contributed by atoms with Crippen LogP contribution in [0.1, 0.15) is 0 Å². The summed E-state index contributed by atoms with van der Waals surface area (Å²) in [5, 5.41) is 0. The highest BCUT2D eigenvalue weighted by Gasteiger charge is 2.24. The van der Waals surface area contributed by atoms with E-state index in [-0.39, 0.29) is 0 Å². The molecule has 0 spiro atoms. The third kappa shape index (κ3) is 8.16. The summed E-state index contributed by atoms with van der Waals surface area (Å²) >= 11 is 0. The van der Waals surface area contributed by atoms with E-state index < -0.39 is 17.4 Å². The van der Waals surface area contributed by atoms with Gasteiger partial charge in [-0.2, -0.15) is 0 Å². The first-order valence-corrected chi connectivity index (χ1v) is 14.0. The predicted octanol–water partition coefficient (Wildman–Crippen LogP) is 3.17. The molecule has 0 aromatic heterocycles. The quantitative estimate of drug-likeness (QED) is 0.609. The molecular weight excluding hydrogens is 236 g/mol. The van der Waals surface area contributed by atoms with Crippen LogP contribution in [0.2, 0.25) is 56.9 Å². The molecule has 1 nitrogen and oxygen atoms in total. The van der Waals surface area contributed by atoms with E-state index in [1.807, 2.05) is 0 Å². The van der Waals surface area contributed by atoms with Crippen LogP contribution in [0, 0.1) is 0 Å². The Hall–Kier alpha value is 0.828. The highest BCUT2D eigenvalue weighted by Crippen LogP contribution is 2.16. The molecule has 0 amide bonds. The molecule has 5 radical (unpaired) electrons. The van der Waals surface area contributed by atoms with Crippen molar-refractivity contribution in [2.24, 2.45) is 0 Å². The Morgan fingerprint density at radius 2 is 1.71 bits per heavy atom. The van der Waals surface area contributed by atoms with Crippen LogP contribution in [0.25, 0.3) is 0 Å². The van der Waals surface area contributed by atoms with Crippen LogP contribution >= 0.6 is 0 Å². The Balaban J connectivity index is 3.70. The fourth-order valence-electron chi connectivity index (χ4n) is 1.30. The average molecular weight is 260 g/mol. The van der Waals surface area contributed by atoms with Gasteiger partial charge >= 0.3 is 0 Å². The lowest BCUT2D eigenvalue weighted by atomic mass is 10.9. The fourth-order valence-corrected chi connectivity index (χ4v) is 11.7. The molecule has 0 rings (SSSR count). The highest BCUT2D eigenvalue weighted by molar-refractivity contribution is 6.78. The Labute approximate surface area is 97.5 Å². The topological polar surface area (TPSA) is 9.23 Å². The molecule has 0 aromatic carbocycles.